The van der Waals surface area contributed by atoms with Crippen molar-refractivity contribution in [1.29, 1.82) is 0 Å². The van der Waals surface area contributed by atoms with Gasteiger partial charge in [0.2, 0.25) is 0 Å². The Kier molecular flexibility index (Phi) is 0.538. The number of hydrogen-bond acceptors (Lipinski definition) is 3. The Morgan fingerprint density at radius 2 is 2.83 bits per heavy atom. The fourth-order valence-corrected chi connectivity index (χ4v) is 0.225. The van der Waals surface area contributed by atoms with Crippen molar-refractivity contribution in [3.63, 3.8) is 0 Å². The minimum absolute atomic E-state index is 1.01. The second kappa shape index (κ2) is 1.45. The van der Waals surface area contributed by atoms with Crippen LogP contribution in [0.2, 0.25) is 1.41 Å². The van der Waals surface area contributed by atoms with E-state index >= 15 is 0 Å². The van der Waals surface area contributed by atoms with Gasteiger partial charge in [-0.05, 0) is 6.08 Å². The van der Waals surface area contributed by atoms with Crippen LogP contribution in [0.1, 0.15) is 0 Å². The summed E-state index contributed by atoms with van der Waals surface area (Å²) in [5, 5.41) is 3.53. The monoisotopic (exact) mass is 84.1 g/mol. The summed E-state index contributed by atoms with van der Waals surface area (Å²) in [5.41, 5.74) is 3.38. The van der Waals surface area contributed by atoms with E-state index < -0.39 is 0 Å². The Balaban J connectivity index is 2.49. The van der Waals surface area contributed by atoms with E-state index in [9.17, 15) is 0 Å². The van der Waals surface area contributed by atoms with E-state index in [1.54, 1.807) is 18.5 Å². The van der Waals surface area contributed by atoms with Gasteiger partial charge in [-0.25, -0.2) is 5.53 Å². The average Bonchev–Trinajstić information content (AvgIpc) is 1.69. The molecule has 0 saturated carbocycles. The van der Waals surface area contributed by atoms with Crippen molar-refractivity contribution >= 4 is 6.21 Å². The van der Waals surface area contributed by atoms with Gasteiger partial charge in [0, 0.05) is 6.20 Å². The molecule has 0 aromatic carbocycles. The van der Waals surface area contributed by atoms with E-state index in [0.717, 1.165) is 5.42 Å². The molecule has 0 aromatic heterocycles. The van der Waals surface area contributed by atoms with Crippen LogP contribution in [0, 0.1) is 0 Å². The first-order valence-corrected chi connectivity index (χ1v) is 1.63. The maximum atomic E-state index is 6.79. The van der Waals surface area contributed by atoms with Crippen molar-refractivity contribution in [2.24, 2.45) is 5.10 Å². The van der Waals surface area contributed by atoms with Gasteiger partial charge >= 0.3 is 0 Å². The molecule has 32 valence electrons. The Morgan fingerprint density at radius 3 is 3.17 bits per heavy atom. The van der Waals surface area contributed by atoms with Crippen LogP contribution in [0.3, 0.4) is 0 Å². The number of allylic oxidation sites excluding steroid dienone is 1. The fraction of sp³-hybridized carbons (Fsp3) is 0. The second-order valence-electron chi connectivity index (χ2n) is 0.849. The summed E-state index contributed by atoms with van der Waals surface area (Å²) in [5.74, 6) is 0. The number of hydrazone groups is 1. The lowest BCUT2D eigenvalue weighted by Crippen LogP contribution is -2.22. The Bertz CT molecular complexity index is 109. The molecule has 0 aromatic rings. The summed E-state index contributed by atoms with van der Waals surface area (Å²) < 4.78 is 6.79. The minimum atomic E-state index is 1.01. The highest BCUT2D eigenvalue weighted by atomic mass is 15.5. The maximum absolute atomic E-state index is 6.79. The molecule has 6 heavy (non-hydrogen) atoms. The van der Waals surface area contributed by atoms with Crippen LogP contribution in [0.15, 0.2) is 17.4 Å². The number of rotatable bonds is 0. The highest BCUT2D eigenvalue weighted by Gasteiger charge is 1.70. The second-order valence-corrected chi connectivity index (χ2v) is 0.849. The molecular weight excluding hydrogens is 78.1 g/mol. The number of nitrogens with zero attached hydrogens (tertiary/aromatic N) is 1. The number of nitrogens with one attached hydrogen (secondary N) is 2. The quantitative estimate of drug-likeness (QED) is 0.418. The van der Waals surface area contributed by atoms with Gasteiger partial charge < -0.3 is 0 Å². The molecule has 3 nitrogen and oxygen atoms in total. The standard InChI is InChI=1S/C3H5N3/c1-2-4-6-5-3-1/h1-4,6H/i/hD. The van der Waals surface area contributed by atoms with E-state index in [0.29, 0.717) is 0 Å². The highest BCUT2D eigenvalue weighted by Crippen LogP contribution is 1.64. The van der Waals surface area contributed by atoms with Crippen LogP contribution in [0.5, 0.6) is 0 Å². The van der Waals surface area contributed by atoms with Crippen LogP contribution in [-0.4, -0.2) is 6.21 Å². The molecule has 0 radical (unpaired) electrons. The van der Waals surface area contributed by atoms with Gasteiger partial charge in [0.15, 0.2) is 1.41 Å². The van der Waals surface area contributed by atoms with Crippen molar-refractivity contribution in [2.75, 3.05) is 0 Å². The molecule has 1 rings (SSSR count). The Hall–Kier alpha value is -0.990. The fourth-order valence-electron chi connectivity index (χ4n) is 0.225. The zero-order chi connectivity index (χ0) is 5.11. The average molecular weight is 84.1 g/mol. The lowest BCUT2D eigenvalue weighted by molar-refractivity contribution is 0.664. The molecule has 0 unspecified atom stereocenters. The predicted octanol–water partition coefficient (Wildman–Crippen LogP) is -0.406. The van der Waals surface area contributed by atoms with Gasteiger partial charge in [-0.2, -0.15) is 5.10 Å². The lowest BCUT2D eigenvalue weighted by Gasteiger charge is -1.97. The van der Waals surface area contributed by atoms with Crippen molar-refractivity contribution in [1.82, 2.24) is 11.0 Å². The molecule has 0 aliphatic carbocycles. The van der Waals surface area contributed by atoms with Crippen LogP contribution in [0.4, 0.5) is 0 Å². The minimum Gasteiger partial charge on any atom is -0.292 e. The van der Waals surface area contributed by atoms with E-state index in [1.807, 2.05) is 0 Å². The van der Waals surface area contributed by atoms with Gasteiger partial charge in [-0.3, -0.25) is 5.42 Å². The normalized spacial score (nSPS) is 20.0. The van der Waals surface area contributed by atoms with Gasteiger partial charge in [-0.1, -0.05) is 0 Å². The molecule has 1 heterocycles. The third-order valence-corrected chi connectivity index (χ3v) is 0.437. The van der Waals surface area contributed by atoms with E-state index in [2.05, 4.69) is 10.6 Å². The molecule has 0 spiro atoms. The Labute approximate surface area is 37.2 Å². The van der Waals surface area contributed by atoms with E-state index in [1.165, 1.54) is 0 Å². The number of hydrogen-bond donors (Lipinski definition) is 2. The molecule has 1 aliphatic heterocycles. The molecule has 0 amide bonds. The summed E-state index contributed by atoms with van der Waals surface area (Å²) >= 11 is 0. The SMILES string of the molecule is [2H]N1C=CC=NN1. The van der Waals surface area contributed by atoms with Gasteiger partial charge in [0.05, 0.1) is 6.21 Å². The summed E-state index contributed by atoms with van der Waals surface area (Å²) in [7, 11) is 0. The van der Waals surface area contributed by atoms with Gasteiger partial charge in [0.1, 0.15) is 0 Å². The van der Waals surface area contributed by atoms with Crippen molar-refractivity contribution in [2.45, 2.75) is 0 Å². The first-order valence-electron chi connectivity index (χ1n) is 2.08. The molecule has 2 N–H and O–H groups in total. The summed E-state index contributed by atoms with van der Waals surface area (Å²) in [6.07, 6.45) is 4.79. The van der Waals surface area contributed by atoms with Crippen LogP contribution >= 0.6 is 0 Å². The van der Waals surface area contributed by atoms with Gasteiger partial charge in [-0.15, -0.1) is 0 Å². The molecule has 3 heteroatoms. The van der Waals surface area contributed by atoms with Crippen LogP contribution in [0.25, 0.3) is 0 Å². The Morgan fingerprint density at radius 1 is 1.83 bits per heavy atom. The predicted molar refractivity (Wildman–Crippen MR) is 23.9 cm³/mol. The highest BCUT2D eigenvalue weighted by molar-refractivity contribution is 5.70. The molecule has 1 aliphatic rings. The van der Waals surface area contributed by atoms with Crippen molar-refractivity contribution < 1.29 is 1.41 Å². The zero-order valence-electron chi connectivity index (χ0n) is 4.13. The third-order valence-electron chi connectivity index (χ3n) is 0.437. The topological polar surface area (TPSA) is 36.4 Å². The largest absolute Gasteiger partial charge is 0.292 e. The zero-order valence-corrected chi connectivity index (χ0v) is 3.13. The van der Waals surface area contributed by atoms with Gasteiger partial charge in [0.25, 0.3) is 0 Å². The van der Waals surface area contributed by atoms with Crippen LogP contribution < -0.4 is 11.0 Å². The first-order chi connectivity index (χ1) is 3.39. The van der Waals surface area contributed by atoms with E-state index in [-0.39, 0.29) is 0 Å². The first kappa shape index (κ1) is 2.23. The molecule has 0 atom stereocenters. The smallest absolute Gasteiger partial charge is 0.189 e. The third kappa shape index (κ3) is 0.484. The summed E-state index contributed by atoms with van der Waals surface area (Å²) in [6, 6.07) is 0. The maximum Gasteiger partial charge on any atom is 0.189 e. The van der Waals surface area contributed by atoms with Crippen molar-refractivity contribution in [3.8, 4) is 0 Å². The summed E-state index contributed by atoms with van der Waals surface area (Å²) in [6.45, 7) is 0. The molecule has 0 bridgehead atoms. The van der Waals surface area contributed by atoms with Crippen LogP contribution in [-0.2, 0) is 0 Å². The molecule has 0 fully saturated rings. The van der Waals surface area contributed by atoms with E-state index in [4.69, 9.17) is 1.41 Å². The van der Waals surface area contributed by atoms with Crippen molar-refractivity contribution in [3.05, 3.63) is 12.3 Å². The molecule has 0 saturated heterocycles. The molecular formula is C3H5N3. The number of hydrazine groups is 1. The summed E-state index contributed by atoms with van der Waals surface area (Å²) in [4.78, 5) is 0. The lowest BCUT2D eigenvalue weighted by atomic mass is 10.7.